The molecular weight excluding hydrogens is 264 g/mol. The summed E-state index contributed by atoms with van der Waals surface area (Å²) in [6.45, 7) is 4.52. The summed E-state index contributed by atoms with van der Waals surface area (Å²) < 4.78 is 26.8. The summed E-state index contributed by atoms with van der Waals surface area (Å²) in [6, 6.07) is 0. The first-order valence-corrected chi connectivity index (χ1v) is 8.21. The average molecular weight is 286 g/mol. The van der Waals surface area contributed by atoms with Crippen molar-refractivity contribution < 1.29 is 8.42 Å². The Morgan fingerprint density at radius 3 is 2.74 bits per heavy atom. The molecule has 1 aromatic rings. The van der Waals surface area contributed by atoms with Gasteiger partial charge in [0.05, 0.1) is 6.20 Å². The van der Waals surface area contributed by atoms with Gasteiger partial charge in [-0.15, -0.1) is 0 Å². The number of likely N-dealkylation sites (tertiary alicyclic amines) is 1. The Morgan fingerprint density at radius 2 is 2.16 bits per heavy atom. The van der Waals surface area contributed by atoms with Crippen molar-refractivity contribution in [3.63, 3.8) is 0 Å². The number of rotatable bonds is 5. The molecule has 1 saturated heterocycles. The molecule has 1 aliphatic rings. The van der Waals surface area contributed by atoms with E-state index in [9.17, 15) is 8.42 Å². The molecule has 108 valence electrons. The topological polar surface area (TPSA) is 78.1 Å². The largest absolute Gasteiger partial charge is 0.332 e. The van der Waals surface area contributed by atoms with E-state index in [4.69, 9.17) is 0 Å². The molecule has 0 aliphatic carbocycles. The van der Waals surface area contributed by atoms with Gasteiger partial charge in [0.1, 0.15) is 5.82 Å². The highest BCUT2D eigenvalue weighted by molar-refractivity contribution is 7.89. The van der Waals surface area contributed by atoms with E-state index >= 15 is 0 Å². The average Bonchev–Trinajstić information content (AvgIpc) is 2.88. The summed E-state index contributed by atoms with van der Waals surface area (Å²) in [5, 5.41) is 0.164. The van der Waals surface area contributed by atoms with Gasteiger partial charge < -0.3 is 9.88 Å². The minimum Gasteiger partial charge on any atom is -0.332 e. The van der Waals surface area contributed by atoms with E-state index in [0.717, 1.165) is 25.9 Å². The Bertz CT molecular complexity index is 504. The van der Waals surface area contributed by atoms with Gasteiger partial charge in [-0.25, -0.2) is 18.1 Å². The van der Waals surface area contributed by atoms with Gasteiger partial charge >= 0.3 is 0 Å². The van der Waals surface area contributed by atoms with E-state index in [-0.39, 0.29) is 5.03 Å². The van der Waals surface area contributed by atoms with Gasteiger partial charge in [0, 0.05) is 13.0 Å². The lowest BCUT2D eigenvalue weighted by atomic mass is 9.98. The SMILES string of the molecule is CCc1ncc(S(=O)(=O)NCC2CCN(C)CC2)[nH]1. The van der Waals surface area contributed by atoms with Crippen LogP contribution in [0.5, 0.6) is 0 Å². The van der Waals surface area contributed by atoms with E-state index in [1.807, 2.05) is 6.92 Å². The number of hydrogen-bond acceptors (Lipinski definition) is 4. The molecule has 1 aromatic heterocycles. The van der Waals surface area contributed by atoms with E-state index in [1.165, 1.54) is 6.20 Å². The highest BCUT2D eigenvalue weighted by Crippen LogP contribution is 2.16. The summed E-state index contributed by atoms with van der Waals surface area (Å²) in [5.74, 6) is 1.12. The third-order valence-electron chi connectivity index (χ3n) is 3.63. The van der Waals surface area contributed by atoms with Crippen molar-refractivity contribution in [3.8, 4) is 0 Å². The molecule has 1 fully saturated rings. The van der Waals surface area contributed by atoms with Crippen molar-refractivity contribution in [2.24, 2.45) is 5.92 Å². The van der Waals surface area contributed by atoms with Crippen LogP contribution in [0.3, 0.4) is 0 Å². The molecule has 1 aliphatic heterocycles. The number of aromatic nitrogens is 2. The van der Waals surface area contributed by atoms with Crippen LogP contribution in [0.4, 0.5) is 0 Å². The predicted octanol–water partition coefficient (Wildman–Crippen LogP) is 0.592. The summed E-state index contributed by atoms with van der Waals surface area (Å²) in [4.78, 5) is 9.12. The smallest absolute Gasteiger partial charge is 0.257 e. The second kappa shape index (κ2) is 6.02. The summed E-state index contributed by atoms with van der Waals surface area (Å²) >= 11 is 0. The van der Waals surface area contributed by atoms with Gasteiger partial charge in [-0.05, 0) is 38.9 Å². The molecule has 7 heteroatoms. The van der Waals surface area contributed by atoms with Crippen LogP contribution in [0.15, 0.2) is 11.2 Å². The van der Waals surface area contributed by atoms with Gasteiger partial charge in [-0.2, -0.15) is 0 Å². The Kier molecular flexibility index (Phi) is 4.59. The zero-order valence-corrected chi connectivity index (χ0v) is 12.3. The van der Waals surface area contributed by atoms with Gasteiger partial charge in [0.15, 0.2) is 5.03 Å². The fraction of sp³-hybridized carbons (Fsp3) is 0.750. The lowest BCUT2D eigenvalue weighted by Gasteiger charge is -2.28. The molecule has 0 saturated carbocycles. The Labute approximate surface area is 114 Å². The van der Waals surface area contributed by atoms with Gasteiger partial charge in [-0.1, -0.05) is 6.92 Å². The van der Waals surface area contributed by atoms with Crippen molar-refractivity contribution in [2.45, 2.75) is 31.2 Å². The first-order chi connectivity index (χ1) is 9.01. The maximum atomic E-state index is 12.1. The third kappa shape index (κ3) is 3.77. The predicted molar refractivity (Wildman–Crippen MR) is 73.4 cm³/mol. The van der Waals surface area contributed by atoms with Crippen molar-refractivity contribution in [1.29, 1.82) is 0 Å². The number of aryl methyl sites for hydroxylation is 1. The van der Waals surface area contributed by atoms with E-state index in [2.05, 4.69) is 26.6 Å². The van der Waals surface area contributed by atoms with E-state index in [1.54, 1.807) is 0 Å². The maximum Gasteiger partial charge on any atom is 0.257 e. The van der Waals surface area contributed by atoms with Crippen LogP contribution in [0.2, 0.25) is 0 Å². The molecule has 2 N–H and O–H groups in total. The van der Waals surface area contributed by atoms with Crippen LogP contribution in [0, 0.1) is 5.92 Å². The monoisotopic (exact) mass is 286 g/mol. The normalized spacial score (nSPS) is 18.8. The summed E-state index contributed by atoms with van der Waals surface area (Å²) in [5.41, 5.74) is 0. The van der Waals surface area contributed by atoms with Gasteiger partial charge in [0.2, 0.25) is 0 Å². The van der Waals surface area contributed by atoms with Crippen LogP contribution >= 0.6 is 0 Å². The van der Waals surface area contributed by atoms with Crippen LogP contribution in [0.1, 0.15) is 25.6 Å². The van der Waals surface area contributed by atoms with Crippen molar-refractivity contribution in [1.82, 2.24) is 19.6 Å². The molecule has 0 aromatic carbocycles. The second-order valence-electron chi connectivity index (χ2n) is 5.15. The minimum absolute atomic E-state index is 0.164. The summed E-state index contributed by atoms with van der Waals surface area (Å²) in [7, 11) is -1.35. The maximum absolute atomic E-state index is 12.1. The number of nitrogens with zero attached hydrogens (tertiary/aromatic N) is 2. The number of H-pyrrole nitrogens is 1. The zero-order valence-electron chi connectivity index (χ0n) is 11.5. The Balaban J connectivity index is 1.90. The molecular formula is C12H22N4O2S. The summed E-state index contributed by atoms with van der Waals surface area (Å²) in [6.07, 6.45) is 4.17. The molecule has 0 bridgehead atoms. The Hall–Kier alpha value is -0.920. The first-order valence-electron chi connectivity index (χ1n) is 6.73. The first kappa shape index (κ1) is 14.5. The number of aromatic amines is 1. The fourth-order valence-corrected chi connectivity index (χ4v) is 3.29. The molecule has 6 nitrogen and oxygen atoms in total. The third-order valence-corrected chi connectivity index (χ3v) is 4.96. The standard InChI is InChI=1S/C12H22N4O2S/c1-3-11-13-9-12(15-11)19(17,18)14-8-10-4-6-16(2)7-5-10/h9-10,14H,3-8H2,1-2H3,(H,13,15). The number of imidazole rings is 1. The molecule has 0 amide bonds. The van der Waals surface area contributed by atoms with Gasteiger partial charge in [0.25, 0.3) is 10.0 Å². The second-order valence-corrected chi connectivity index (χ2v) is 6.88. The van der Waals surface area contributed by atoms with Crippen LogP contribution in [-0.4, -0.2) is 50.0 Å². The quantitative estimate of drug-likeness (QED) is 0.830. The van der Waals surface area contributed by atoms with Crippen molar-refractivity contribution in [3.05, 3.63) is 12.0 Å². The fourth-order valence-electron chi connectivity index (χ4n) is 2.23. The zero-order chi connectivity index (χ0) is 13.9. The molecule has 19 heavy (non-hydrogen) atoms. The van der Waals surface area contributed by atoms with Crippen LogP contribution in [0.25, 0.3) is 0 Å². The number of sulfonamides is 1. The van der Waals surface area contributed by atoms with Crippen molar-refractivity contribution in [2.75, 3.05) is 26.7 Å². The number of piperidine rings is 1. The highest BCUT2D eigenvalue weighted by Gasteiger charge is 2.21. The Morgan fingerprint density at radius 1 is 1.47 bits per heavy atom. The van der Waals surface area contributed by atoms with E-state index in [0.29, 0.717) is 24.7 Å². The lowest BCUT2D eigenvalue weighted by molar-refractivity contribution is 0.220. The molecule has 0 atom stereocenters. The number of hydrogen-bond donors (Lipinski definition) is 2. The van der Waals surface area contributed by atoms with E-state index < -0.39 is 10.0 Å². The number of nitrogens with one attached hydrogen (secondary N) is 2. The molecule has 2 rings (SSSR count). The molecule has 0 radical (unpaired) electrons. The minimum atomic E-state index is -3.44. The van der Waals surface area contributed by atoms with Crippen LogP contribution < -0.4 is 4.72 Å². The van der Waals surface area contributed by atoms with Crippen LogP contribution in [-0.2, 0) is 16.4 Å². The molecule has 0 spiro atoms. The van der Waals surface area contributed by atoms with Gasteiger partial charge in [-0.3, -0.25) is 0 Å². The molecule has 0 unspecified atom stereocenters. The van der Waals surface area contributed by atoms with Crippen molar-refractivity contribution >= 4 is 10.0 Å². The lowest BCUT2D eigenvalue weighted by Crippen LogP contribution is -2.36. The molecule has 2 heterocycles. The highest BCUT2D eigenvalue weighted by atomic mass is 32.2.